The fraction of sp³-hybridized carbons (Fsp3) is 0.462. The van der Waals surface area contributed by atoms with Gasteiger partial charge in [-0.1, -0.05) is 17.7 Å². The quantitative estimate of drug-likeness (QED) is 0.619. The molecule has 0 spiro atoms. The van der Waals surface area contributed by atoms with Crippen LogP contribution in [0.5, 0.6) is 23.0 Å². The topological polar surface area (TPSA) is 86.3 Å². The van der Waals surface area contributed by atoms with Crippen molar-refractivity contribution in [2.75, 3.05) is 48.1 Å². The molecule has 9 heteroatoms. The SMILES string of the molecule is COc1c(Cl)c2c(c(OC)c1OC)-c1ccc(OC)c(=O)cc1[C@@H](NC(=O)CN1CCCC1)CC2. The number of hydrogen-bond donors (Lipinski definition) is 1. The van der Waals surface area contributed by atoms with Gasteiger partial charge in [0.15, 0.2) is 17.2 Å². The maximum Gasteiger partial charge on any atom is 0.234 e. The van der Waals surface area contributed by atoms with Gasteiger partial charge in [0.05, 0.1) is 46.0 Å². The minimum Gasteiger partial charge on any atom is -0.493 e. The molecule has 2 aromatic carbocycles. The lowest BCUT2D eigenvalue weighted by Crippen LogP contribution is -2.38. The fourth-order valence-electron chi connectivity index (χ4n) is 5.07. The van der Waals surface area contributed by atoms with Crippen molar-refractivity contribution in [3.8, 4) is 34.1 Å². The van der Waals surface area contributed by atoms with E-state index in [1.54, 1.807) is 13.2 Å². The number of nitrogens with zero attached hydrogens (tertiary/aromatic N) is 1. The molecule has 1 heterocycles. The van der Waals surface area contributed by atoms with Crippen LogP contribution in [-0.2, 0) is 11.2 Å². The predicted molar refractivity (Wildman–Crippen MR) is 134 cm³/mol. The maximum atomic E-state index is 13.0. The summed E-state index contributed by atoms with van der Waals surface area (Å²) in [6.45, 7) is 2.17. The van der Waals surface area contributed by atoms with Crippen molar-refractivity contribution in [3.05, 3.63) is 44.6 Å². The molecule has 35 heavy (non-hydrogen) atoms. The standard InChI is InChI=1S/C26H31ClN2O6/c1-32-20-10-8-15-17(13-19(20)30)18(28-21(31)14-29-11-5-6-12-29)9-7-16-22(15)24(33-2)26(35-4)25(34-3)23(16)27/h8,10,13,18H,5-7,9,11-12,14H2,1-4H3,(H,28,31)/t18-/m0/s1. The first-order valence-electron chi connectivity index (χ1n) is 11.7. The normalized spacial score (nSPS) is 17.1. The number of hydrogen-bond acceptors (Lipinski definition) is 7. The zero-order valence-corrected chi connectivity index (χ0v) is 21.3. The molecule has 1 amide bonds. The van der Waals surface area contributed by atoms with Gasteiger partial charge in [-0.3, -0.25) is 14.5 Å². The number of halogens is 1. The van der Waals surface area contributed by atoms with Crippen molar-refractivity contribution in [2.24, 2.45) is 0 Å². The molecule has 4 rings (SSSR count). The van der Waals surface area contributed by atoms with E-state index in [9.17, 15) is 9.59 Å². The molecular weight excluding hydrogens is 472 g/mol. The maximum absolute atomic E-state index is 13.0. The summed E-state index contributed by atoms with van der Waals surface area (Å²) >= 11 is 6.83. The molecule has 8 nitrogen and oxygen atoms in total. The van der Waals surface area contributed by atoms with Crippen LogP contribution in [0.15, 0.2) is 23.0 Å². The molecule has 1 fully saturated rings. The molecule has 1 aliphatic heterocycles. The molecule has 0 unspecified atom stereocenters. The second-order valence-electron chi connectivity index (χ2n) is 8.69. The Balaban J connectivity index is 1.90. The van der Waals surface area contributed by atoms with Gasteiger partial charge in [-0.15, -0.1) is 0 Å². The molecule has 0 saturated carbocycles. The third-order valence-electron chi connectivity index (χ3n) is 6.71. The summed E-state index contributed by atoms with van der Waals surface area (Å²) in [5.74, 6) is 1.32. The van der Waals surface area contributed by atoms with Crippen molar-refractivity contribution < 1.29 is 23.7 Å². The van der Waals surface area contributed by atoms with Crippen LogP contribution in [-0.4, -0.2) is 58.9 Å². The highest BCUT2D eigenvalue weighted by atomic mass is 35.5. The number of ether oxygens (including phenoxy) is 4. The highest BCUT2D eigenvalue weighted by molar-refractivity contribution is 6.34. The lowest BCUT2D eigenvalue weighted by molar-refractivity contribution is -0.122. The fourth-order valence-corrected chi connectivity index (χ4v) is 5.42. The van der Waals surface area contributed by atoms with Crippen molar-refractivity contribution in [1.29, 1.82) is 0 Å². The van der Waals surface area contributed by atoms with Crippen molar-refractivity contribution in [2.45, 2.75) is 31.7 Å². The number of fused-ring (bicyclic) bond motifs is 3. The molecule has 1 atom stereocenters. The zero-order valence-electron chi connectivity index (χ0n) is 20.5. The van der Waals surface area contributed by atoms with Gasteiger partial charge in [-0.25, -0.2) is 0 Å². The van der Waals surface area contributed by atoms with E-state index in [0.29, 0.717) is 58.3 Å². The molecule has 0 bridgehead atoms. The summed E-state index contributed by atoms with van der Waals surface area (Å²) in [7, 11) is 6.05. The van der Waals surface area contributed by atoms with Crippen LogP contribution in [0.2, 0.25) is 5.02 Å². The first kappa shape index (κ1) is 25.1. The van der Waals surface area contributed by atoms with Gasteiger partial charge in [-0.2, -0.15) is 0 Å². The molecule has 1 aliphatic carbocycles. The lowest BCUT2D eigenvalue weighted by Gasteiger charge is -2.21. The van der Waals surface area contributed by atoms with Gasteiger partial charge in [-0.05, 0) is 67.6 Å². The van der Waals surface area contributed by atoms with Gasteiger partial charge in [0.1, 0.15) is 0 Å². The highest BCUT2D eigenvalue weighted by Gasteiger charge is 2.32. The highest BCUT2D eigenvalue weighted by Crippen LogP contribution is 2.54. The molecule has 1 saturated heterocycles. The van der Waals surface area contributed by atoms with E-state index in [-0.39, 0.29) is 17.1 Å². The Morgan fingerprint density at radius 2 is 1.71 bits per heavy atom. The van der Waals surface area contributed by atoms with Crippen molar-refractivity contribution in [1.82, 2.24) is 10.2 Å². The zero-order chi connectivity index (χ0) is 25.1. The third kappa shape index (κ3) is 4.77. The number of amides is 1. The van der Waals surface area contributed by atoms with Crippen LogP contribution in [0.25, 0.3) is 11.1 Å². The summed E-state index contributed by atoms with van der Waals surface area (Å²) in [6.07, 6.45) is 3.27. The summed E-state index contributed by atoms with van der Waals surface area (Å²) in [4.78, 5) is 28.1. The molecule has 0 radical (unpaired) electrons. The van der Waals surface area contributed by atoms with E-state index < -0.39 is 6.04 Å². The Bertz CT molecular complexity index is 1180. The molecule has 1 N–H and O–H groups in total. The van der Waals surface area contributed by atoms with Crippen LogP contribution in [0.4, 0.5) is 0 Å². The lowest BCUT2D eigenvalue weighted by atomic mass is 9.95. The molecule has 0 aromatic heterocycles. The number of benzene rings is 1. The van der Waals surface area contributed by atoms with Gasteiger partial charge < -0.3 is 24.3 Å². The summed E-state index contributed by atoms with van der Waals surface area (Å²) < 4.78 is 22.3. The van der Waals surface area contributed by atoms with Gasteiger partial charge in [0.2, 0.25) is 17.1 Å². The molecular formula is C26H31ClN2O6. The second kappa shape index (κ2) is 10.7. The minimum absolute atomic E-state index is 0.0760. The minimum atomic E-state index is -0.407. The first-order valence-corrected chi connectivity index (χ1v) is 12.1. The monoisotopic (exact) mass is 502 g/mol. The van der Waals surface area contributed by atoms with Crippen LogP contribution in [0, 0.1) is 0 Å². The van der Waals surface area contributed by atoms with E-state index in [4.69, 9.17) is 30.5 Å². The van der Waals surface area contributed by atoms with Crippen LogP contribution in [0.1, 0.15) is 36.4 Å². The largest absolute Gasteiger partial charge is 0.493 e. The average molecular weight is 503 g/mol. The number of methoxy groups -OCH3 is 4. The Morgan fingerprint density at radius 3 is 2.34 bits per heavy atom. The second-order valence-corrected chi connectivity index (χ2v) is 9.07. The van der Waals surface area contributed by atoms with E-state index in [2.05, 4.69) is 10.2 Å². The summed E-state index contributed by atoms with van der Waals surface area (Å²) in [5, 5.41) is 3.58. The van der Waals surface area contributed by atoms with E-state index in [1.807, 2.05) is 6.07 Å². The van der Waals surface area contributed by atoms with E-state index in [1.165, 1.54) is 27.4 Å². The first-order chi connectivity index (χ1) is 16.9. The van der Waals surface area contributed by atoms with Crippen LogP contribution >= 0.6 is 11.6 Å². The molecule has 188 valence electrons. The third-order valence-corrected chi connectivity index (χ3v) is 7.11. The number of nitrogens with one attached hydrogen (secondary N) is 1. The van der Waals surface area contributed by atoms with E-state index >= 15 is 0 Å². The predicted octanol–water partition coefficient (Wildman–Crippen LogP) is 3.60. The number of carbonyl (C=O) groups excluding carboxylic acids is 1. The molecule has 2 aliphatic rings. The Hall–Kier alpha value is -2.97. The van der Waals surface area contributed by atoms with E-state index in [0.717, 1.165) is 31.5 Å². The van der Waals surface area contributed by atoms with Crippen LogP contribution in [0.3, 0.4) is 0 Å². The average Bonchev–Trinajstić information content (AvgIpc) is 3.24. The smallest absolute Gasteiger partial charge is 0.234 e. The summed E-state index contributed by atoms with van der Waals surface area (Å²) in [5.41, 5.74) is 2.62. The van der Waals surface area contributed by atoms with Crippen molar-refractivity contribution >= 4 is 17.5 Å². The summed E-state index contributed by atoms with van der Waals surface area (Å²) in [6, 6.07) is 4.57. The number of rotatable bonds is 7. The van der Waals surface area contributed by atoms with Gasteiger partial charge in [0.25, 0.3) is 0 Å². The van der Waals surface area contributed by atoms with Crippen molar-refractivity contribution in [3.63, 3.8) is 0 Å². The number of likely N-dealkylation sites (tertiary alicyclic amines) is 1. The molecule has 2 aromatic rings. The Kier molecular flexibility index (Phi) is 7.72. The van der Waals surface area contributed by atoms with Crippen LogP contribution < -0.4 is 29.7 Å². The number of carbonyl (C=O) groups is 1. The van der Waals surface area contributed by atoms with Gasteiger partial charge in [0, 0.05) is 5.56 Å². The van der Waals surface area contributed by atoms with Gasteiger partial charge >= 0.3 is 0 Å². The Labute approximate surface area is 210 Å². The Morgan fingerprint density at radius 1 is 1.03 bits per heavy atom.